The van der Waals surface area contributed by atoms with Gasteiger partial charge in [-0.1, -0.05) is 0 Å². The fraction of sp³-hybridized carbons (Fsp3) is 0.700. The molecule has 0 aromatic carbocycles. The molecule has 0 spiro atoms. The molecule has 0 saturated carbocycles. The average Bonchev–Trinajstić information content (AvgIpc) is 2.92. The molecule has 20 heavy (non-hydrogen) atoms. The zero-order valence-electron chi connectivity index (χ0n) is 10.5. The summed E-state index contributed by atoms with van der Waals surface area (Å²) < 4.78 is 46.5. The van der Waals surface area contributed by atoms with Gasteiger partial charge in [0.1, 0.15) is 6.04 Å². The lowest BCUT2D eigenvalue weighted by Crippen LogP contribution is -2.57. The maximum absolute atomic E-state index is 13.1. The molecule has 112 valence electrons. The van der Waals surface area contributed by atoms with E-state index in [1.165, 1.54) is 11.1 Å². The van der Waals surface area contributed by atoms with Crippen molar-refractivity contribution in [3.63, 3.8) is 0 Å². The van der Waals surface area contributed by atoms with Crippen LogP contribution in [0.25, 0.3) is 0 Å². The molecule has 2 rings (SSSR count). The SMILES string of the molecule is O=C(NCC(N1CCNCC1)C(F)(F)F)c1cnsn1. The Labute approximate surface area is 117 Å². The number of amides is 1. The van der Waals surface area contributed by atoms with Gasteiger partial charge in [0.05, 0.1) is 17.9 Å². The van der Waals surface area contributed by atoms with Gasteiger partial charge >= 0.3 is 6.18 Å². The van der Waals surface area contributed by atoms with Crippen LogP contribution in [0.1, 0.15) is 10.5 Å². The van der Waals surface area contributed by atoms with Crippen molar-refractivity contribution < 1.29 is 18.0 Å². The molecule has 1 unspecified atom stereocenters. The van der Waals surface area contributed by atoms with Gasteiger partial charge in [0.25, 0.3) is 5.91 Å². The van der Waals surface area contributed by atoms with Crippen molar-refractivity contribution in [2.24, 2.45) is 0 Å². The third-order valence-electron chi connectivity index (χ3n) is 3.02. The number of hydrogen-bond donors (Lipinski definition) is 2. The van der Waals surface area contributed by atoms with Crippen molar-refractivity contribution in [1.29, 1.82) is 0 Å². The van der Waals surface area contributed by atoms with Gasteiger partial charge in [-0.3, -0.25) is 9.69 Å². The molecular weight excluding hydrogens is 295 g/mol. The Morgan fingerprint density at radius 3 is 2.75 bits per heavy atom. The van der Waals surface area contributed by atoms with E-state index >= 15 is 0 Å². The average molecular weight is 309 g/mol. The summed E-state index contributed by atoms with van der Waals surface area (Å²) in [7, 11) is 0. The van der Waals surface area contributed by atoms with Gasteiger partial charge in [0, 0.05) is 32.7 Å². The van der Waals surface area contributed by atoms with Crippen LogP contribution in [-0.2, 0) is 0 Å². The van der Waals surface area contributed by atoms with E-state index in [9.17, 15) is 18.0 Å². The molecule has 6 nitrogen and oxygen atoms in total. The summed E-state index contributed by atoms with van der Waals surface area (Å²) in [5, 5.41) is 5.27. The zero-order chi connectivity index (χ0) is 14.6. The second-order valence-corrected chi connectivity index (χ2v) is 4.90. The topological polar surface area (TPSA) is 70.2 Å². The second kappa shape index (κ2) is 6.46. The predicted molar refractivity (Wildman–Crippen MR) is 66.5 cm³/mol. The minimum Gasteiger partial charge on any atom is -0.349 e. The van der Waals surface area contributed by atoms with Crippen molar-refractivity contribution in [3.8, 4) is 0 Å². The molecule has 0 aliphatic carbocycles. The van der Waals surface area contributed by atoms with Gasteiger partial charge < -0.3 is 10.6 Å². The highest BCUT2D eigenvalue weighted by molar-refractivity contribution is 6.99. The lowest BCUT2D eigenvalue weighted by molar-refractivity contribution is -0.183. The van der Waals surface area contributed by atoms with Gasteiger partial charge in [-0.05, 0) is 0 Å². The molecule has 10 heteroatoms. The van der Waals surface area contributed by atoms with Crippen LogP contribution in [0.3, 0.4) is 0 Å². The Morgan fingerprint density at radius 1 is 1.50 bits per heavy atom. The molecule has 1 amide bonds. The van der Waals surface area contributed by atoms with Crippen LogP contribution >= 0.6 is 11.7 Å². The Balaban J connectivity index is 1.95. The van der Waals surface area contributed by atoms with E-state index in [0.29, 0.717) is 26.2 Å². The van der Waals surface area contributed by atoms with E-state index in [4.69, 9.17) is 0 Å². The second-order valence-electron chi connectivity index (χ2n) is 4.35. The molecule has 1 aliphatic heterocycles. The lowest BCUT2D eigenvalue weighted by atomic mass is 10.2. The van der Waals surface area contributed by atoms with Gasteiger partial charge in [-0.15, -0.1) is 0 Å². The number of aromatic nitrogens is 2. The maximum Gasteiger partial charge on any atom is 0.405 e. The van der Waals surface area contributed by atoms with Gasteiger partial charge in [-0.25, -0.2) is 0 Å². The van der Waals surface area contributed by atoms with Crippen molar-refractivity contribution >= 4 is 17.6 Å². The number of nitrogens with zero attached hydrogens (tertiary/aromatic N) is 3. The number of piperazine rings is 1. The summed E-state index contributed by atoms with van der Waals surface area (Å²) in [5.74, 6) is -0.636. The summed E-state index contributed by atoms with van der Waals surface area (Å²) in [6.45, 7) is 1.14. The van der Waals surface area contributed by atoms with Crippen LogP contribution in [0.15, 0.2) is 6.20 Å². The van der Waals surface area contributed by atoms with E-state index in [1.807, 2.05) is 0 Å². The Bertz CT molecular complexity index is 433. The van der Waals surface area contributed by atoms with Crippen LogP contribution in [0.2, 0.25) is 0 Å². The standard InChI is InChI=1S/C10H14F3N5OS/c11-10(12,13)8(18-3-1-14-2-4-18)6-15-9(19)7-5-16-20-17-7/h5,8,14H,1-4,6H2,(H,15,19). The number of hydrogen-bond acceptors (Lipinski definition) is 6. The van der Waals surface area contributed by atoms with E-state index in [-0.39, 0.29) is 5.69 Å². The third-order valence-corrected chi connectivity index (χ3v) is 3.50. The third kappa shape index (κ3) is 3.87. The minimum absolute atomic E-state index is 0.0382. The first kappa shape index (κ1) is 15.1. The van der Waals surface area contributed by atoms with E-state index in [2.05, 4.69) is 19.4 Å². The monoisotopic (exact) mass is 309 g/mol. The van der Waals surface area contributed by atoms with Crippen molar-refractivity contribution in [3.05, 3.63) is 11.9 Å². The number of rotatable bonds is 4. The summed E-state index contributed by atoms with van der Waals surface area (Å²) in [4.78, 5) is 12.9. The summed E-state index contributed by atoms with van der Waals surface area (Å²) in [6, 6.07) is -1.68. The molecule has 0 radical (unpaired) electrons. The molecule has 1 aromatic heterocycles. The normalized spacial score (nSPS) is 18.8. The minimum atomic E-state index is -4.38. The highest BCUT2D eigenvalue weighted by atomic mass is 32.1. The Hall–Kier alpha value is -1.26. The van der Waals surface area contributed by atoms with Crippen LogP contribution in [0, 0.1) is 0 Å². The number of halogens is 3. The summed E-state index contributed by atoms with van der Waals surface area (Å²) in [5.41, 5.74) is 0.0382. The predicted octanol–water partition coefficient (Wildman–Crippen LogP) is 0.104. The molecular formula is C10H14F3N5OS. The fourth-order valence-electron chi connectivity index (χ4n) is 1.99. The lowest BCUT2D eigenvalue weighted by Gasteiger charge is -2.35. The maximum atomic E-state index is 13.1. The van der Waals surface area contributed by atoms with Crippen LogP contribution < -0.4 is 10.6 Å². The molecule has 2 heterocycles. The van der Waals surface area contributed by atoms with Crippen LogP contribution in [0.5, 0.6) is 0 Å². The van der Waals surface area contributed by atoms with Crippen molar-refractivity contribution in [2.75, 3.05) is 32.7 Å². The highest BCUT2D eigenvalue weighted by Crippen LogP contribution is 2.24. The molecule has 1 fully saturated rings. The fourth-order valence-corrected chi connectivity index (χ4v) is 2.40. The quantitative estimate of drug-likeness (QED) is 0.826. The van der Waals surface area contributed by atoms with E-state index in [1.54, 1.807) is 0 Å². The first-order valence-corrected chi connectivity index (χ1v) is 6.79. The van der Waals surface area contributed by atoms with Gasteiger partial charge in [0.15, 0.2) is 5.69 Å². The zero-order valence-corrected chi connectivity index (χ0v) is 11.3. The Morgan fingerprint density at radius 2 is 2.20 bits per heavy atom. The smallest absolute Gasteiger partial charge is 0.349 e. The van der Waals surface area contributed by atoms with E-state index < -0.39 is 24.7 Å². The molecule has 1 aromatic rings. The number of carbonyl (C=O) groups excluding carboxylic acids is 1. The first-order valence-electron chi connectivity index (χ1n) is 6.05. The number of carbonyl (C=O) groups is 1. The number of alkyl halides is 3. The molecule has 2 N–H and O–H groups in total. The van der Waals surface area contributed by atoms with Gasteiger partial charge in [0.2, 0.25) is 0 Å². The summed E-state index contributed by atoms with van der Waals surface area (Å²) in [6.07, 6.45) is -3.15. The number of nitrogens with one attached hydrogen (secondary N) is 2. The molecule has 0 bridgehead atoms. The molecule has 1 saturated heterocycles. The van der Waals surface area contributed by atoms with Crippen LogP contribution in [-0.4, -0.2) is 64.5 Å². The van der Waals surface area contributed by atoms with Crippen LogP contribution in [0.4, 0.5) is 13.2 Å². The van der Waals surface area contributed by atoms with Crippen molar-refractivity contribution in [2.45, 2.75) is 12.2 Å². The molecule has 1 atom stereocenters. The summed E-state index contributed by atoms with van der Waals surface area (Å²) >= 11 is 0.834. The van der Waals surface area contributed by atoms with Crippen molar-refractivity contribution in [1.82, 2.24) is 24.3 Å². The first-order chi connectivity index (χ1) is 9.48. The van der Waals surface area contributed by atoms with Gasteiger partial charge in [-0.2, -0.15) is 21.9 Å². The highest BCUT2D eigenvalue weighted by Gasteiger charge is 2.43. The Kier molecular flexibility index (Phi) is 4.89. The molecule has 1 aliphatic rings. The van der Waals surface area contributed by atoms with E-state index in [0.717, 1.165) is 11.7 Å². The largest absolute Gasteiger partial charge is 0.405 e.